The molecule has 1 N–H and O–H groups in total. The Kier molecular flexibility index (Phi) is 4.63. The number of aryl methyl sites for hydroxylation is 2. The first kappa shape index (κ1) is 18.1. The molecule has 1 atom stereocenters. The largest absolute Gasteiger partial charge is 0.455 e. The van der Waals surface area contributed by atoms with E-state index in [-0.39, 0.29) is 12.0 Å². The van der Waals surface area contributed by atoms with Crippen molar-refractivity contribution in [3.63, 3.8) is 0 Å². The second-order valence-electron chi connectivity index (χ2n) is 7.65. The van der Waals surface area contributed by atoms with Crippen molar-refractivity contribution in [2.75, 3.05) is 13.2 Å². The van der Waals surface area contributed by atoms with Crippen LogP contribution < -0.4 is 5.32 Å². The summed E-state index contributed by atoms with van der Waals surface area (Å²) in [5.41, 5.74) is 4.87. The van der Waals surface area contributed by atoms with E-state index < -0.39 is 0 Å². The molecule has 0 spiro atoms. The molecule has 5 rings (SSSR count). The monoisotopic (exact) mass is 393 g/mol. The van der Waals surface area contributed by atoms with Crippen LogP contribution >= 0.6 is 0 Å². The summed E-state index contributed by atoms with van der Waals surface area (Å²) in [7, 11) is 0. The zero-order chi connectivity index (χ0) is 19.8. The molecule has 1 aliphatic heterocycles. The van der Waals surface area contributed by atoms with Crippen LogP contribution in [-0.4, -0.2) is 44.9 Å². The van der Waals surface area contributed by atoms with Crippen LogP contribution in [0.3, 0.4) is 0 Å². The first-order valence-electron chi connectivity index (χ1n) is 10.0. The van der Waals surface area contributed by atoms with E-state index in [2.05, 4.69) is 21.5 Å². The Morgan fingerprint density at radius 3 is 2.97 bits per heavy atom. The molecule has 1 fully saturated rings. The van der Waals surface area contributed by atoms with Gasteiger partial charge in [-0.05, 0) is 31.7 Å². The lowest BCUT2D eigenvalue weighted by Gasteiger charge is -2.10. The third kappa shape index (κ3) is 3.44. The number of nitrogens with zero attached hydrogens (tertiary/aromatic N) is 4. The number of rotatable bonds is 5. The van der Waals surface area contributed by atoms with E-state index in [9.17, 15) is 4.79 Å². The smallest absolute Gasteiger partial charge is 0.287 e. The molecule has 1 amide bonds. The molecule has 1 aliphatic carbocycles. The Morgan fingerprint density at radius 1 is 1.31 bits per heavy atom. The third-order valence-corrected chi connectivity index (χ3v) is 5.59. The molecule has 29 heavy (non-hydrogen) atoms. The second kappa shape index (κ2) is 7.44. The Balaban J connectivity index is 1.38. The fraction of sp³-hybridized carbons (Fsp3) is 0.429. The van der Waals surface area contributed by atoms with Gasteiger partial charge in [-0.25, -0.2) is 9.97 Å². The second-order valence-corrected chi connectivity index (χ2v) is 7.65. The van der Waals surface area contributed by atoms with Gasteiger partial charge in [0.25, 0.3) is 5.91 Å². The summed E-state index contributed by atoms with van der Waals surface area (Å²) >= 11 is 0. The van der Waals surface area contributed by atoms with Crippen LogP contribution in [0.2, 0.25) is 0 Å². The van der Waals surface area contributed by atoms with Crippen molar-refractivity contribution in [1.82, 2.24) is 25.1 Å². The van der Waals surface area contributed by atoms with E-state index in [4.69, 9.17) is 14.3 Å². The van der Waals surface area contributed by atoms with Gasteiger partial charge in [0.1, 0.15) is 12.1 Å². The quantitative estimate of drug-likeness (QED) is 0.715. The molecule has 0 aromatic carbocycles. The van der Waals surface area contributed by atoms with Crippen LogP contribution in [0, 0.1) is 6.92 Å². The topological polar surface area (TPSA) is 95.1 Å². The van der Waals surface area contributed by atoms with Gasteiger partial charge in [0.15, 0.2) is 5.76 Å². The zero-order valence-electron chi connectivity index (χ0n) is 16.4. The molecule has 3 aromatic rings. The Bertz CT molecular complexity index is 1030. The number of carbonyl (C=O) groups is 1. The highest BCUT2D eigenvalue weighted by Gasteiger charge is 2.30. The van der Waals surface area contributed by atoms with Gasteiger partial charge in [0, 0.05) is 54.9 Å². The molecule has 0 unspecified atom stereocenters. The molecule has 4 heterocycles. The number of hydrogen-bond acceptors (Lipinski definition) is 6. The minimum Gasteiger partial charge on any atom is -0.455 e. The lowest BCUT2D eigenvalue weighted by molar-refractivity contribution is 0.0833. The molecule has 2 aliphatic rings. The average molecular weight is 393 g/mol. The van der Waals surface area contributed by atoms with Crippen molar-refractivity contribution in [3.8, 4) is 11.3 Å². The number of amides is 1. The summed E-state index contributed by atoms with van der Waals surface area (Å²) < 4.78 is 13.5. The SMILES string of the molecule is Cc1c(C(=O)NC[C@@H]2CCCO2)oc2c1-c1nn(Cc3cncnc3)cc1CC2. The van der Waals surface area contributed by atoms with Gasteiger partial charge in [-0.15, -0.1) is 0 Å². The summed E-state index contributed by atoms with van der Waals surface area (Å²) in [6.07, 6.45) is 10.9. The number of fused-ring (bicyclic) bond motifs is 3. The standard InChI is InChI=1S/C21H23N5O3/c1-13-18-17(29-20(13)21(27)24-9-16-3-2-6-28-16)5-4-15-11-26(25-19(15)18)10-14-7-22-12-23-8-14/h7-8,11-12,16H,2-6,9-10H2,1H3,(H,24,27)/t16-/m0/s1. The maximum absolute atomic E-state index is 12.7. The van der Waals surface area contributed by atoms with Crippen LogP contribution in [-0.2, 0) is 24.1 Å². The highest BCUT2D eigenvalue weighted by Crippen LogP contribution is 2.38. The van der Waals surface area contributed by atoms with Gasteiger partial charge in [0.2, 0.25) is 0 Å². The molecular weight excluding hydrogens is 370 g/mol. The van der Waals surface area contributed by atoms with E-state index in [1.54, 1.807) is 12.4 Å². The fourth-order valence-corrected chi connectivity index (χ4v) is 4.15. The molecule has 0 bridgehead atoms. The maximum Gasteiger partial charge on any atom is 0.287 e. The number of carbonyl (C=O) groups excluding carboxylic acids is 1. The summed E-state index contributed by atoms with van der Waals surface area (Å²) in [5, 5.41) is 7.73. The Hall–Kier alpha value is -3.00. The maximum atomic E-state index is 12.7. The molecule has 8 nitrogen and oxygen atoms in total. The predicted octanol–water partition coefficient (Wildman–Crippen LogP) is 2.30. The van der Waals surface area contributed by atoms with E-state index in [0.29, 0.717) is 18.8 Å². The fourth-order valence-electron chi connectivity index (χ4n) is 4.15. The number of ether oxygens (including phenoxy) is 1. The molecular formula is C21H23N5O3. The summed E-state index contributed by atoms with van der Waals surface area (Å²) in [5.74, 6) is 1.03. The number of hydrogen-bond donors (Lipinski definition) is 1. The average Bonchev–Trinajstić information content (AvgIpc) is 3.45. The Labute approximate surface area is 168 Å². The van der Waals surface area contributed by atoms with Crippen molar-refractivity contribution in [2.45, 2.75) is 45.3 Å². The minimum absolute atomic E-state index is 0.105. The van der Waals surface area contributed by atoms with Gasteiger partial charge < -0.3 is 14.5 Å². The van der Waals surface area contributed by atoms with Gasteiger partial charge in [-0.2, -0.15) is 5.10 Å². The molecule has 8 heteroatoms. The first-order chi connectivity index (χ1) is 14.2. The van der Waals surface area contributed by atoms with E-state index >= 15 is 0 Å². The molecule has 0 saturated carbocycles. The highest BCUT2D eigenvalue weighted by molar-refractivity contribution is 5.95. The van der Waals surface area contributed by atoms with Crippen LogP contribution in [0.15, 0.2) is 29.3 Å². The molecule has 0 radical (unpaired) electrons. The van der Waals surface area contributed by atoms with Crippen molar-refractivity contribution in [3.05, 3.63) is 53.1 Å². The first-order valence-corrected chi connectivity index (χ1v) is 10.0. The van der Waals surface area contributed by atoms with E-state index in [1.165, 1.54) is 11.9 Å². The molecule has 3 aromatic heterocycles. The lowest BCUT2D eigenvalue weighted by Crippen LogP contribution is -2.31. The van der Waals surface area contributed by atoms with Crippen LogP contribution in [0.1, 0.15) is 45.8 Å². The van der Waals surface area contributed by atoms with Crippen molar-refractivity contribution in [2.24, 2.45) is 0 Å². The van der Waals surface area contributed by atoms with Crippen molar-refractivity contribution in [1.29, 1.82) is 0 Å². The number of furan rings is 1. The van der Waals surface area contributed by atoms with Gasteiger partial charge in [-0.1, -0.05) is 0 Å². The van der Waals surface area contributed by atoms with E-state index in [0.717, 1.165) is 60.4 Å². The third-order valence-electron chi connectivity index (χ3n) is 5.59. The summed E-state index contributed by atoms with van der Waals surface area (Å²) in [4.78, 5) is 20.8. The number of aromatic nitrogens is 4. The number of nitrogens with one attached hydrogen (secondary N) is 1. The lowest BCUT2D eigenvalue weighted by atomic mass is 9.93. The van der Waals surface area contributed by atoms with Crippen LogP contribution in [0.4, 0.5) is 0 Å². The van der Waals surface area contributed by atoms with Crippen LogP contribution in [0.5, 0.6) is 0 Å². The summed E-state index contributed by atoms with van der Waals surface area (Å²) in [6.45, 7) is 3.83. The van der Waals surface area contributed by atoms with Crippen LogP contribution in [0.25, 0.3) is 11.3 Å². The van der Waals surface area contributed by atoms with E-state index in [1.807, 2.05) is 11.6 Å². The van der Waals surface area contributed by atoms with Crippen molar-refractivity contribution >= 4 is 5.91 Å². The molecule has 150 valence electrons. The normalized spacial score (nSPS) is 17.8. The van der Waals surface area contributed by atoms with Gasteiger partial charge in [-0.3, -0.25) is 9.48 Å². The predicted molar refractivity (Wildman–Crippen MR) is 105 cm³/mol. The van der Waals surface area contributed by atoms with Gasteiger partial charge >= 0.3 is 0 Å². The van der Waals surface area contributed by atoms with Crippen molar-refractivity contribution < 1.29 is 13.9 Å². The highest BCUT2D eigenvalue weighted by atomic mass is 16.5. The Morgan fingerprint density at radius 2 is 2.17 bits per heavy atom. The minimum atomic E-state index is -0.185. The molecule has 1 saturated heterocycles. The zero-order valence-corrected chi connectivity index (χ0v) is 16.4. The summed E-state index contributed by atoms with van der Waals surface area (Å²) in [6, 6.07) is 0. The van der Waals surface area contributed by atoms with Gasteiger partial charge in [0.05, 0.1) is 18.3 Å².